The molecule has 0 spiro atoms. The molecule has 0 saturated carbocycles. The summed E-state index contributed by atoms with van der Waals surface area (Å²) in [5.41, 5.74) is 2.50. The van der Waals surface area contributed by atoms with Crippen LogP contribution < -0.4 is 0 Å². The first-order valence-electron chi connectivity index (χ1n) is 6.25. The largest absolute Gasteiger partial charge is 0.468 e. The highest BCUT2D eigenvalue weighted by Crippen LogP contribution is 2.13. The van der Waals surface area contributed by atoms with Gasteiger partial charge in [0.05, 0.1) is 7.11 Å². The molecule has 0 heterocycles. The average molecular weight is 252 g/mol. The van der Waals surface area contributed by atoms with Gasteiger partial charge in [-0.1, -0.05) is 23.3 Å². The third kappa shape index (κ3) is 7.05. The van der Waals surface area contributed by atoms with Gasteiger partial charge in [0.2, 0.25) is 0 Å². The van der Waals surface area contributed by atoms with Crippen molar-refractivity contribution in [1.29, 1.82) is 0 Å². The Morgan fingerprint density at radius 1 is 1.11 bits per heavy atom. The monoisotopic (exact) mass is 252 g/mol. The van der Waals surface area contributed by atoms with Gasteiger partial charge in [0.15, 0.2) is 0 Å². The standard InChI is InChI=1S/C15H24O3/c1-11(2)7-6-8-12(3)9-10-14(13(4)16)15(17)18-5/h7,9,14H,6,8,10H2,1-5H3/b12-9-/t14-/m0/s1. The number of esters is 1. The number of ether oxygens (including phenoxy) is 1. The van der Waals surface area contributed by atoms with Crippen LogP contribution in [0.3, 0.4) is 0 Å². The average Bonchev–Trinajstić information content (AvgIpc) is 2.27. The molecule has 1 atom stereocenters. The van der Waals surface area contributed by atoms with Crippen molar-refractivity contribution in [3.05, 3.63) is 23.3 Å². The predicted molar refractivity (Wildman–Crippen MR) is 73.2 cm³/mol. The Hall–Kier alpha value is -1.38. The highest BCUT2D eigenvalue weighted by atomic mass is 16.5. The van der Waals surface area contributed by atoms with Crippen LogP contribution in [0, 0.1) is 5.92 Å². The van der Waals surface area contributed by atoms with Crippen LogP contribution in [0.1, 0.15) is 47.0 Å². The van der Waals surface area contributed by atoms with Crippen molar-refractivity contribution in [3.8, 4) is 0 Å². The minimum Gasteiger partial charge on any atom is -0.468 e. The Bertz CT molecular complexity index is 347. The summed E-state index contributed by atoms with van der Waals surface area (Å²) < 4.78 is 4.62. The van der Waals surface area contributed by atoms with Crippen molar-refractivity contribution in [3.63, 3.8) is 0 Å². The van der Waals surface area contributed by atoms with Gasteiger partial charge in [-0.25, -0.2) is 0 Å². The predicted octanol–water partition coefficient (Wildman–Crippen LogP) is 3.45. The third-order valence-electron chi connectivity index (χ3n) is 2.77. The highest BCUT2D eigenvalue weighted by Gasteiger charge is 2.22. The number of carbonyl (C=O) groups excluding carboxylic acids is 2. The number of Topliss-reactive ketones (excluding diaryl/α,β-unsaturated/α-hetero) is 1. The van der Waals surface area contributed by atoms with E-state index in [9.17, 15) is 9.59 Å². The van der Waals surface area contributed by atoms with Crippen LogP contribution in [0.15, 0.2) is 23.3 Å². The van der Waals surface area contributed by atoms with Gasteiger partial charge in [-0.2, -0.15) is 0 Å². The van der Waals surface area contributed by atoms with Gasteiger partial charge in [0.1, 0.15) is 11.7 Å². The van der Waals surface area contributed by atoms with Crippen LogP contribution in [0.5, 0.6) is 0 Å². The molecule has 3 heteroatoms. The molecule has 0 aromatic rings. The second-order valence-corrected chi connectivity index (χ2v) is 4.79. The number of hydrogen-bond acceptors (Lipinski definition) is 3. The summed E-state index contributed by atoms with van der Waals surface area (Å²) in [6.45, 7) is 7.59. The molecular weight excluding hydrogens is 228 g/mol. The Labute approximate surface area is 110 Å². The van der Waals surface area contributed by atoms with E-state index in [1.54, 1.807) is 0 Å². The van der Waals surface area contributed by atoms with E-state index in [0.29, 0.717) is 6.42 Å². The minimum atomic E-state index is -0.659. The van der Waals surface area contributed by atoms with Crippen LogP contribution >= 0.6 is 0 Å². The molecule has 18 heavy (non-hydrogen) atoms. The third-order valence-corrected chi connectivity index (χ3v) is 2.77. The summed E-state index contributed by atoms with van der Waals surface area (Å²) >= 11 is 0. The molecule has 0 amide bonds. The van der Waals surface area contributed by atoms with E-state index in [2.05, 4.69) is 24.7 Å². The molecule has 0 aromatic carbocycles. The normalized spacial score (nSPS) is 12.8. The van der Waals surface area contributed by atoms with E-state index < -0.39 is 11.9 Å². The molecule has 0 radical (unpaired) electrons. The fourth-order valence-electron chi connectivity index (χ4n) is 1.58. The summed E-state index contributed by atoms with van der Waals surface area (Å²) in [6, 6.07) is 0. The van der Waals surface area contributed by atoms with Gasteiger partial charge >= 0.3 is 5.97 Å². The number of allylic oxidation sites excluding steroid dienone is 4. The fourth-order valence-corrected chi connectivity index (χ4v) is 1.58. The SMILES string of the molecule is COC(=O)[C@@H](C/C=C(/C)CCC=C(C)C)C(C)=O. The van der Waals surface area contributed by atoms with Crippen molar-refractivity contribution in [2.45, 2.75) is 47.0 Å². The molecule has 0 aromatic heterocycles. The molecule has 0 fully saturated rings. The number of methoxy groups -OCH3 is 1. The second kappa shape index (κ2) is 8.67. The number of hydrogen-bond donors (Lipinski definition) is 0. The van der Waals surface area contributed by atoms with Gasteiger partial charge in [-0.05, 0) is 47.0 Å². The van der Waals surface area contributed by atoms with Crippen LogP contribution in [0.2, 0.25) is 0 Å². The highest BCUT2D eigenvalue weighted by molar-refractivity contribution is 5.97. The first-order valence-corrected chi connectivity index (χ1v) is 6.25. The Kier molecular flexibility index (Phi) is 8.01. The first-order chi connectivity index (χ1) is 8.38. The lowest BCUT2D eigenvalue weighted by Crippen LogP contribution is -2.22. The van der Waals surface area contributed by atoms with E-state index in [4.69, 9.17) is 0 Å². The maximum atomic E-state index is 11.4. The number of rotatable bonds is 7. The van der Waals surface area contributed by atoms with Crippen molar-refractivity contribution in [2.24, 2.45) is 5.92 Å². The lowest BCUT2D eigenvalue weighted by Gasteiger charge is -2.09. The second-order valence-electron chi connectivity index (χ2n) is 4.79. The molecule has 0 bridgehead atoms. The lowest BCUT2D eigenvalue weighted by molar-refractivity contribution is -0.148. The Balaban J connectivity index is 4.36. The Morgan fingerprint density at radius 2 is 1.72 bits per heavy atom. The summed E-state index contributed by atoms with van der Waals surface area (Å²) in [5.74, 6) is -1.25. The zero-order valence-corrected chi connectivity index (χ0v) is 12.1. The van der Waals surface area contributed by atoms with Crippen molar-refractivity contribution < 1.29 is 14.3 Å². The molecule has 102 valence electrons. The maximum absolute atomic E-state index is 11.4. The molecule has 0 N–H and O–H groups in total. The van der Waals surface area contributed by atoms with E-state index >= 15 is 0 Å². The lowest BCUT2D eigenvalue weighted by atomic mass is 9.99. The maximum Gasteiger partial charge on any atom is 0.316 e. The van der Waals surface area contributed by atoms with Crippen LogP contribution in [0.25, 0.3) is 0 Å². The summed E-state index contributed by atoms with van der Waals surface area (Å²) in [4.78, 5) is 22.7. The molecular formula is C15H24O3. The van der Waals surface area contributed by atoms with Crippen molar-refractivity contribution in [2.75, 3.05) is 7.11 Å². The minimum absolute atomic E-state index is 0.143. The van der Waals surface area contributed by atoms with Crippen LogP contribution in [-0.4, -0.2) is 18.9 Å². The quantitative estimate of drug-likeness (QED) is 0.396. The van der Waals surface area contributed by atoms with Crippen molar-refractivity contribution in [1.82, 2.24) is 0 Å². The first kappa shape index (κ1) is 16.6. The molecule has 0 aliphatic rings. The van der Waals surface area contributed by atoms with Gasteiger partial charge in [0, 0.05) is 0 Å². The van der Waals surface area contributed by atoms with E-state index in [1.165, 1.54) is 25.2 Å². The smallest absolute Gasteiger partial charge is 0.316 e. The number of carbonyl (C=O) groups is 2. The molecule has 0 rings (SSSR count). The topological polar surface area (TPSA) is 43.4 Å². The van der Waals surface area contributed by atoms with Gasteiger partial charge in [-0.15, -0.1) is 0 Å². The molecule has 0 saturated heterocycles. The summed E-state index contributed by atoms with van der Waals surface area (Å²) in [7, 11) is 1.31. The van der Waals surface area contributed by atoms with E-state index in [1.807, 2.05) is 13.0 Å². The van der Waals surface area contributed by atoms with Gasteiger partial charge < -0.3 is 4.74 Å². The number of ketones is 1. The zero-order chi connectivity index (χ0) is 14.1. The summed E-state index contributed by atoms with van der Waals surface area (Å²) in [6.07, 6.45) is 6.52. The van der Waals surface area contributed by atoms with Gasteiger partial charge in [-0.3, -0.25) is 9.59 Å². The molecule has 0 unspecified atom stereocenters. The summed E-state index contributed by atoms with van der Waals surface area (Å²) in [5, 5.41) is 0. The Morgan fingerprint density at radius 3 is 2.17 bits per heavy atom. The fraction of sp³-hybridized carbons (Fsp3) is 0.600. The van der Waals surface area contributed by atoms with E-state index in [0.717, 1.165) is 12.8 Å². The zero-order valence-electron chi connectivity index (χ0n) is 12.1. The van der Waals surface area contributed by atoms with Gasteiger partial charge in [0.25, 0.3) is 0 Å². The van der Waals surface area contributed by atoms with E-state index in [-0.39, 0.29) is 5.78 Å². The van der Waals surface area contributed by atoms with Crippen molar-refractivity contribution >= 4 is 11.8 Å². The van der Waals surface area contributed by atoms with Crippen LogP contribution in [-0.2, 0) is 14.3 Å². The molecule has 3 nitrogen and oxygen atoms in total. The molecule has 0 aliphatic carbocycles. The molecule has 0 aliphatic heterocycles. The van der Waals surface area contributed by atoms with Crippen LogP contribution in [0.4, 0.5) is 0 Å².